The number of hydrogen-bond acceptors (Lipinski definition) is 4. The molecular weight excluding hydrogens is 264 g/mol. The number of nitrogens with two attached hydrogens (primary N) is 1. The van der Waals surface area contributed by atoms with E-state index in [4.69, 9.17) is 17.4 Å². The lowest BCUT2D eigenvalue weighted by Crippen LogP contribution is -2.15. The maximum atomic E-state index is 12.0. The van der Waals surface area contributed by atoms with Crippen molar-refractivity contribution in [2.24, 2.45) is 5.84 Å². The largest absolute Gasteiger partial charge is 0.323 e. The molecule has 0 bridgehead atoms. The van der Waals surface area contributed by atoms with Crippen LogP contribution in [-0.2, 0) is 0 Å². The van der Waals surface area contributed by atoms with Gasteiger partial charge in [-0.2, -0.15) is 0 Å². The summed E-state index contributed by atoms with van der Waals surface area (Å²) in [5.74, 6) is 4.93. The van der Waals surface area contributed by atoms with Gasteiger partial charge in [-0.25, -0.2) is 4.98 Å². The first kappa shape index (κ1) is 13.3. The normalized spacial score (nSPS) is 10.1. The third-order valence-electron chi connectivity index (χ3n) is 2.61. The van der Waals surface area contributed by atoms with Crippen molar-refractivity contribution in [1.29, 1.82) is 0 Å². The number of nitrogens with one attached hydrogen (secondary N) is 2. The highest BCUT2D eigenvalue weighted by atomic mass is 35.5. The third-order valence-corrected chi connectivity index (χ3v) is 2.85. The van der Waals surface area contributed by atoms with E-state index in [9.17, 15) is 4.79 Å². The van der Waals surface area contributed by atoms with E-state index in [2.05, 4.69) is 15.7 Å². The van der Waals surface area contributed by atoms with Gasteiger partial charge in [-0.05, 0) is 36.8 Å². The number of carbonyl (C=O) groups excluding carboxylic acids is 1. The lowest BCUT2D eigenvalue weighted by molar-refractivity contribution is 0.102. The highest BCUT2D eigenvalue weighted by molar-refractivity contribution is 6.31. The number of halogens is 1. The van der Waals surface area contributed by atoms with Crippen LogP contribution in [0, 0.1) is 6.92 Å². The summed E-state index contributed by atoms with van der Waals surface area (Å²) in [5.41, 5.74) is 4.98. The molecule has 0 aliphatic carbocycles. The molecule has 0 saturated carbocycles. The Balaban J connectivity index is 2.18. The van der Waals surface area contributed by atoms with Gasteiger partial charge >= 0.3 is 0 Å². The number of anilines is 2. The van der Waals surface area contributed by atoms with Crippen molar-refractivity contribution in [1.82, 2.24) is 4.98 Å². The molecule has 0 radical (unpaired) electrons. The topological polar surface area (TPSA) is 80.0 Å². The van der Waals surface area contributed by atoms with Gasteiger partial charge in [-0.1, -0.05) is 17.7 Å². The summed E-state index contributed by atoms with van der Waals surface area (Å²) in [6.45, 7) is 1.89. The quantitative estimate of drug-likeness (QED) is 0.595. The molecule has 0 fully saturated rings. The minimum atomic E-state index is -0.297. The van der Waals surface area contributed by atoms with E-state index in [0.29, 0.717) is 22.1 Å². The summed E-state index contributed by atoms with van der Waals surface area (Å²) in [5, 5.41) is 3.33. The Morgan fingerprint density at radius 1 is 1.32 bits per heavy atom. The van der Waals surface area contributed by atoms with Crippen molar-refractivity contribution in [3.05, 3.63) is 52.8 Å². The standard InChI is InChI=1S/C13H13ClN4O/c1-8-2-3-9(14)6-12(8)17-13(19)11-5-4-10(18-15)7-16-11/h2-7,18H,15H2,1H3,(H,17,19). The number of hydrazine groups is 1. The summed E-state index contributed by atoms with van der Waals surface area (Å²) < 4.78 is 0. The molecule has 0 aliphatic heterocycles. The molecule has 2 rings (SSSR count). The van der Waals surface area contributed by atoms with Crippen LogP contribution in [0.25, 0.3) is 0 Å². The molecule has 1 aromatic carbocycles. The van der Waals surface area contributed by atoms with Crippen LogP contribution in [0.1, 0.15) is 16.1 Å². The van der Waals surface area contributed by atoms with E-state index in [1.807, 2.05) is 13.0 Å². The van der Waals surface area contributed by atoms with Gasteiger partial charge in [-0.3, -0.25) is 10.6 Å². The fourth-order valence-electron chi connectivity index (χ4n) is 1.53. The van der Waals surface area contributed by atoms with Gasteiger partial charge < -0.3 is 10.7 Å². The molecule has 19 heavy (non-hydrogen) atoms. The van der Waals surface area contributed by atoms with Crippen LogP contribution in [0.4, 0.5) is 11.4 Å². The Morgan fingerprint density at radius 3 is 2.74 bits per heavy atom. The van der Waals surface area contributed by atoms with Crippen molar-refractivity contribution >= 4 is 28.9 Å². The molecular formula is C13H13ClN4O. The van der Waals surface area contributed by atoms with Gasteiger partial charge in [0, 0.05) is 10.7 Å². The van der Waals surface area contributed by atoms with E-state index >= 15 is 0 Å². The predicted molar refractivity (Wildman–Crippen MR) is 76.2 cm³/mol. The molecule has 1 heterocycles. The molecule has 98 valence electrons. The van der Waals surface area contributed by atoms with Gasteiger partial charge in [0.1, 0.15) is 5.69 Å². The number of nitrogens with zero attached hydrogens (tertiary/aromatic N) is 1. The highest BCUT2D eigenvalue weighted by Crippen LogP contribution is 2.20. The first-order chi connectivity index (χ1) is 9.10. The Kier molecular flexibility index (Phi) is 3.99. The number of benzene rings is 1. The summed E-state index contributed by atoms with van der Waals surface area (Å²) >= 11 is 5.90. The van der Waals surface area contributed by atoms with E-state index < -0.39 is 0 Å². The van der Waals surface area contributed by atoms with E-state index in [1.165, 1.54) is 6.20 Å². The zero-order chi connectivity index (χ0) is 13.8. The Hall–Kier alpha value is -2.11. The smallest absolute Gasteiger partial charge is 0.274 e. The number of pyridine rings is 1. The molecule has 0 atom stereocenters. The second-order valence-corrected chi connectivity index (χ2v) is 4.43. The molecule has 5 nitrogen and oxygen atoms in total. The Bertz CT molecular complexity index is 598. The summed E-state index contributed by atoms with van der Waals surface area (Å²) in [6.07, 6.45) is 1.49. The minimum absolute atomic E-state index is 0.297. The molecule has 6 heteroatoms. The monoisotopic (exact) mass is 276 g/mol. The number of aryl methyl sites for hydroxylation is 1. The van der Waals surface area contributed by atoms with Gasteiger partial charge in [0.25, 0.3) is 5.91 Å². The molecule has 4 N–H and O–H groups in total. The van der Waals surface area contributed by atoms with Crippen molar-refractivity contribution < 1.29 is 4.79 Å². The maximum absolute atomic E-state index is 12.0. The van der Waals surface area contributed by atoms with Crippen molar-refractivity contribution in [2.45, 2.75) is 6.92 Å². The van der Waals surface area contributed by atoms with Crippen LogP contribution in [0.3, 0.4) is 0 Å². The minimum Gasteiger partial charge on any atom is -0.323 e. The zero-order valence-electron chi connectivity index (χ0n) is 10.3. The first-order valence-corrected chi connectivity index (χ1v) is 5.98. The van der Waals surface area contributed by atoms with Crippen LogP contribution in [0.15, 0.2) is 36.5 Å². The summed E-state index contributed by atoms with van der Waals surface area (Å²) in [4.78, 5) is 16.0. The SMILES string of the molecule is Cc1ccc(Cl)cc1NC(=O)c1ccc(NN)cn1. The van der Waals surface area contributed by atoms with E-state index in [0.717, 1.165) is 5.56 Å². The fraction of sp³-hybridized carbons (Fsp3) is 0.0769. The molecule has 2 aromatic rings. The predicted octanol–water partition coefficient (Wildman–Crippen LogP) is 2.58. The molecule has 1 aromatic heterocycles. The molecule has 1 amide bonds. The van der Waals surface area contributed by atoms with Crippen molar-refractivity contribution in [3.63, 3.8) is 0 Å². The third kappa shape index (κ3) is 3.21. The number of amides is 1. The average Bonchev–Trinajstić information content (AvgIpc) is 2.43. The number of carbonyl (C=O) groups is 1. The van der Waals surface area contributed by atoms with Gasteiger partial charge in [-0.15, -0.1) is 0 Å². The molecule has 0 aliphatic rings. The van der Waals surface area contributed by atoms with E-state index in [-0.39, 0.29) is 5.91 Å². The zero-order valence-corrected chi connectivity index (χ0v) is 11.0. The first-order valence-electron chi connectivity index (χ1n) is 5.60. The van der Waals surface area contributed by atoms with Crippen LogP contribution >= 0.6 is 11.6 Å². The van der Waals surface area contributed by atoms with Gasteiger partial charge in [0.15, 0.2) is 0 Å². The maximum Gasteiger partial charge on any atom is 0.274 e. The van der Waals surface area contributed by atoms with Crippen LogP contribution in [0.2, 0.25) is 5.02 Å². The molecule has 0 spiro atoms. The average molecular weight is 277 g/mol. The lowest BCUT2D eigenvalue weighted by Gasteiger charge is -2.08. The fourth-order valence-corrected chi connectivity index (χ4v) is 1.70. The lowest BCUT2D eigenvalue weighted by atomic mass is 10.2. The second kappa shape index (κ2) is 5.69. The Morgan fingerprint density at radius 2 is 2.11 bits per heavy atom. The van der Waals surface area contributed by atoms with Crippen molar-refractivity contribution in [2.75, 3.05) is 10.7 Å². The van der Waals surface area contributed by atoms with Crippen LogP contribution < -0.4 is 16.6 Å². The van der Waals surface area contributed by atoms with Gasteiger partial charge in [0.2, 0.25) is 0 Å². The number of rotatable bonds is 3. The van der Waals surface area contributed by atoms with Crippen molar-refractivity contribution in [3.8, 4) is 0 Å². The van der Waals surface area contributed by atoms with Gasteiger partial charge in [0.05, 0.1) is 11.9 Å². The second-order valence-electron chi connectivity index (χ2n) is 3.99. The van der Waals surface area contributed by atoms with Crippen LogP contribution in [-0.4, -0.2) is 10.9 Å². The summed E-state index contributed by atoms with van der Waals surface area (Å²) in [7, 11) is 0. The van der Waals surface area contributed by atoms with E-state index in [1.54, 1.807) is 24.3 Å². The number of aromatic nitrogens is 1. The highest BCUT2D eigenvalue weighted by Gasteiger charge is 2.09. The summed E-state index contributed by atoms with van der Waals surface area (Å²) in [6, 6.07) is 8.57. The number of nitrogen functional groups attached to an aromatic ring is 1. The van der Waals surface area contributed by atoms with Crippen LogP contribution in [0.5, 0.6) is 0 Å². The number of hydrogen-bond donors (Lipinski definition) is 3. The molecule has 0 saturated heterocycles. The molecule has 0 unspecified atom stereocenters. The Labute approximate surface area is 115 Å².